The van der Waals surface area contributed by atoms with Crippen LogP contribution in [0.25, 0.3) is 0 Å². The Labute approximate surface area is 126 Å². The quantitative estimate of drug-likeness (QED) is 0.683. The first-order valence-electron chi connectivity index (χ1n) is 5.62. The molecule has 0 aliphatic carbocycles. The zero-order valence-corrected chi connectivity index (χ0v) is 12.0. The third kappa shape index (κ3) is 2.98. The van der Waals surface area contributed by atoms with E-state index in [9.17, 15) is 4.79 Å². The normalized spacial score (nSPS) is 10.2. The largest absolute Gasteiger partial charge is 0.465 e. The lowest BCUT2D eigenvalue weighted by atomic mass is 10.2. The summed E-state index contributed by atoms with van der Waals surface area (Å²) in [6, 6.07) is 9.63. The van der Waals surface area contributed by atoms with Crippen molar-refractivity contribution in [3.05, 3.63) is 52.0 Å². The van der Waals surface area contributed by atoms with Crippen molar-refractivity contribution >= 4 is 34.9 Å². The minimum atomic E-state index is -0.551. The maximum atomic E-state index is 11.7. The van der Waals surface area contributed by atoms with Crippen LogP contribution in [-0.4, -0.2) is 13.1 Å². The van der Waals surface area contributed by atoms with Crippen molar-refractivity contribution in [1.29, 1.82) is 0 Å². The minimum absolute atomic E-state index is 0.212. The number of hydrogen-bond donors (Lipinski definition) is 1. The molecule has 2 aromatic carbocycles. The smallest absolute Gasteiger partial charge is 0.341 e. The molecule has 0 radical (unpaired) electrons. The maximum Gasteiger partial charge on any atom is 0.341 e. The summed E-state index contributed by atoms with van der Waals surface area (Å²) in [6.45, 7) is 0. The fourth-order valence-corrected chi connectivity index (χ4v) is 1.92. The van der Waals surface area contributed by atoms with Crippen LogP contribution in [0.1, 0.15) is 10.4 Å². The van der Waals surface area contributed by atoms with Gasteiger partial charge in [-0.25, -0.2) is 4.79 Å². The molecule has 4 nitrogen and oxygen atoms in total. The standard InChI is InChI=1S/C14H11Cl2NO3/c1-19-14(18)9-7-8(17)5-6-11(9)20-12-4-2-3-10(15)13(12)16/h2-7H,17H2,1H3. The van der Waals surface area contributed by atoms with Gasteiger partial charge in [-0.05, 0) is 30.3 Å². The fraction of sp³-hybridized carbons (Fsp3) is 0.0714. The van der Waals surface area contributed by atoms with Crippen LogP contribution >= 0.6 is 23.2 Å². The molecule has 0 heterocycles. The van der Waals surface area contributed by atoms with Gasteiger partial charge in [0.25, 0.3) is 0 Å². The zero-order valence-electron chi connectivity index (χ0n) is 10.5. The molecule has 0 fully saturated rings. The van der Waals surface area contributed by atoms with Crippen molar-refractivity contribution in [1.82, 2.24) is 0 Å². The molecule has 0 amide bonds. The average Bonchev–Trinajstić information content (AvgIpc) is 2.44. The van der Waals surface area contributed by atoms with E-state index in [1.165, 1.54) is 13.2 Å². The number of benzene rings is 2. The summed E-state index contributed by atoms with van der Waals surface area (Å²) in [5, 5.41) is 0.626. The number of ether oxygens (including phenoxy) is 2. The SMILES string of the molecule is COC(=O)c1cc(N)ccc1Oc1cccc(Cl)c1Cl. The Morgan fingerprint density at radius 1 is 1.15 bits per heavy atom. The van der Waals surface area contributed by atoms with Gasteiger partial charge in [0.05, 0.1) is 12.1 Å². The van der Waals surface area contributed by atoms with Crippen LogP contribution in [-0.2, 0) is 4.74 Å². The molecule has 0 aliphatic heterocycles. The van der Waals surface area contributed by atoms with E-state index < -0.39 is 5.97 Å². The Morgan fingerprint density at radius 2 is 1.90 bits per heavy atom. The number of methoxy groups -OCH3 is 1. The van der Waals surface area contributed by atoms with Crippen LogP contribution in [0.3, 0.4) is 0 Å². The van der Waals surface area contributed by atoms with Crippen LogP contribution in [0.5, 0.6) is 11.5 Å². The molecule has 0 saturated heterocycles. The van der Waals surface area contributed by atoms with Crippen molar-refractivity contribution in [2.24, 2.45) is 0 Å². The number of nitrogen functional groups attached to an aromatic ring is 1. The van der Waals surface area contributed by atoms with Gasteiger partial charge in [-0.3, -0.25) is 0 Å². The van der Waals surface area contributed by atoms with Crippen molar-refractivity contribution in [3.63, 3.8) is 0 Å². The summed E-state index contributed by atoms with van der Waals surface area (Å²) in [4.78, 5) is 11.7. The van der Waals surface area contributed by atoms with E-state index in [1.54, 1.807) is 30.3 Å². The van der Waals surface area contributed by atoms with Gasteiger partial charge in [0.2, 0.25) is 0 Å². The molecule has 20 heavy (non-hydrogen) atoms. The summed E-state index contributed by atoms with van der Waals surface area (Å²) in [5.74, 6) is 0.0785. The number of anilines is 1. The Kier molecular flexibility index (Phi) is 4.37. The van der Waals surface area contributed by atoms with Crippen molar-refractivity contribution in [2.75, 3.05) is 12.8 Å². The van der Waals surface area contributed by atoms with Gasteiger partial charge < -0.3 is 15.2 Å². The summed E-state index contributed by atoms with van der Waals surface area (Å²) >= 11 is 12.0. The lowest BCUT2D eigenvalue weighted by molar-refractivity contribution is 0.0598. The number of carbonyl (C=O) groups excluding carboxylic acids is 1. The van der Waals surface area contributed by atoms with Gasteiger partial charge >= 0.3 is 5.97 Å². The molecular formula is C14H11Cl2NO3. The Hall–Kier alpha value is -1.91. The second-order valence-electron chi connectivity index (χ2n) is 3.90. The highest BCUT2D eigenvalue weighted by Gasteiger charge is 2.16. The number of rotatable bonds is 3. The Bertz CT molecular complexity index is 659. The van der Waals surface area contributed by atoms with E-state index in [4.69, 9.17) is 38.4 Å². The molecule has 0 unspecified atom stereocenters. The summed E-state index contributed by atoms with van der Waals surface area (Å²) < 4.78 is 10.3. The summed E-state index contributed by atoms with van der Waals surface area (Å²) in [7, 11) is 1.28. The van der Waals surface area contributed by atoms with Crippen molar-refractivity contribution in [3.8, 4) is 11.5 Å². The lowest BCUT2D eigenvalue weighted by Crippen LogP contribution is -2.04. The number of carbonyl (C=O) groups is 1. The molecule has 2 N–H and O–H groups in total. The topological polar surface area (TPSA) is 61.5 Å². The van der Waals surface area contributed by atoms with Gasteiger partial charge in [0.1, 0.15) is 22.1 Å². The zero-order chi connectivity index (χ0) is 14.7. The molecule has 0 spiro atoms. The molecule has 0 aliphatic rings. The van der Waals surface area contributed by atoms with Crippen LogP contribution in [0, 0.1) is 0 Å². The summed E-state index contributed by atoms with van der Waals surface area (Å²) in [6.07, 6.45) is 0. The highest BCUT2D eigenvalue weighted by atomic mass is 35.5. The second-order valence-corrected chi connectivity index (χ2v) is 4.69. The van der Waals surface area contributed by atoms with Gasteiger partial charge in [-0.15, -0.1) is 0 Å². The molecule has 6 heteroatoms. The first-order chi connectivity index (χ1) is 9.52. The monoisotopic (exact) mass is 311 g/mol. The molecule has 2 rings (SSSR count). The van der Waals surface area contributed by atoms with E-state index in [0.29, 0.717) is 16.5 Å². The highest BCUT2D eigenvalue weighted by molar-refractivity contribution is 6.42. The minimum Gasteiger partial charge on any atom is -0.465 e. The number of halogens is 2. The fourth-order valence-electron chi connectivity index (χ4n) is 1.59. The maximum absolute atomic E-state index is 11.7. The molecule has 0 saturated carbocycles. The third-order valence-corrected chi connectivity index (χ3v) is 3.35. The predicted octanol–water partition coefficient (Wildman–Crippen LogP) is 4.15. The average molecular weight is 312 g/mol. The van der Waals surface area contributed by atoms with E-state index >= 15 is 0 Å². The number of esters is 1. The van der Waals surface area contributed by atoms with E-state index in [0.717, 1.165) is 0 Å². The molecular weight excluding hydrogens is 301 g/mol. The van der Waals surface area contributed by atoms with E-state index in [1.807, 2.05) is 0 Å². The van der Waals surface area contributed by atoms with E-state index in [2.05, 4.69) is 0 Å². The third-order valence-electron chi connectivity index (χ3n) is 2.55. The molecule has 2 aromatic rings. The molecule has 0 bridgehead atoms. The van der Waals surface area contributed by atoms with Crippen molar-refractivity contribution < 1.29 is 14.3 Å². The van der Waals surface area contributed by atoms with Gasteiger partial charge in [-0.1, -0.05) is 29.3 Å². The second kappa shape index (κ2) is 6.03. The van der Waals surface area contributed by atoms with E-state index in [-0.39, 0.29) is 16.3 Å². The molecule has 0 aromatic heterocycles. The summed E-state index contributed by atoms with van der Waals surface area (Å²) in [5.41, 5.74) is 6.29. The first-order valence-corrected chi connectivity index (χ1v) is 6.38. The lowest BCUT2D eigenvalue weighted by Gasteiger charge is -2.12. The van der Waals surface area contributed by atoms with Gasteiger partial charge in [-0.2, -0.15) is 0 Å². The molecule has 0 atom stereocenters. The van der Waals surface area contributed by atoms with Crippen LogP contribution in [0.2, 0.25) is 10.0 Å². The number of nitrogens with two attached hydrogens (primary N) is 1. The molecule has 104 valence electrons. The van der Waals surface area contributed by atoms with Crippen LogP contribution in [0.15, 0.2) is 36.4 Å². The van der Waals surface area contributed by atoms with Gasteiger partial charge in [0.15, 0.2) is 0 Å². The van der Waals surface area contributed by atoms with Crippen molar-refractivity contribution in [2.45, 2.75) is 0 Å². The van der Waals surface area contributed by atoms with Crippen LogP contribution in [0.4, 0.5) is 5.69 Å². The predicted molar refractivity (Wildman–Crippen MR) is 78.7 cm³/mol. The Balaban J connectivity index is 2.43. The van der Waals surface area contributed by atoms with Crippen LogP contribution < -0.4 is 10.5 Å². The number of hydrogen-bond acceptors (Lipinski definition) is 4. The Morgan fingerprint density at radius 3 is 2.60 bits per heavy atom. The first kappa shape index (κ1) is 14.5. The van der Waals surface area contributed by atoms with Gasteiger partial charge in [0, 0.05) is 5.69 Å². The highest BCUT2D eigenvalue weighted by Crippen LogP contribution is 2.36.